The van der Waals surface area contributed by atoms with Crippen molar-refractivity contribution < 1.29 is 0 Å². The molecule has 0 bridgehead atoms. The zero-order chi connectivity index (χ0) is 10.4. The quantitative estimate of drug-likeness (QED) is 0.706. The molecule has 0 saturated heterocycles. The van der Waals surface area contributed by atoms with E-state index in [1.165, 1.54) is 32.1 Å². The second-order valence-corrected chi connectivity index (χ2v) is 4.55. The van der Waals surface area contributed by atoms with Crippen molar-refractivity contribution in [2.45, 2.75) is 52.0 Å². The molecule has 0 radical (unpaired) electrons. The van der Waals surface area contributed by atoms with Gasteiger partial charge in [0, 0.05) is 12.6 Å². The summed E-state index contributed by atoms with van der Waals surface area (Å²) in [4.78, 5) is 0. The SMILES string of the molecule is CCNC(=S)NC1CCCC(CC)C1. The maximum atomic E-state index is 5.19. The van der Waals surface area contributed by atoms with Gasteiger partial charge in [-0.3, -0.25) is 0 Å². The second kappa shape index (κ2) is 6.23. The van der Waals surface area contributed by atoms with E-state index >= 15 is 0 Å². The van der Waals surface area contributed by atoms with Crippen molar-refractivity contribution in [1.82, 2.24) is 10.6 Å². The minimum Gasteiger partial charge on any atom is -0.363 e. The first-order valence-electron chi connectivity index (χ1n) is 5.80. The molecule has 1 fully saturated rings. The molecule has 0 aromatic carbocycles. The lowest BCUT2D eigenvalue weighted by atomic mass is 9.84. The Labute approximate surface area is 92.8 Å². The molecule has 82 valence electrons. The van der Waals surface area contributed by atoms with Crippen LogP contribution in [0.5, 0.6) is 0 Å². The molecular weight excluding hydrogens is 192 g/mol. The average molecular weight is 214 g/mol. The predicted molar refractivity (Wildman–Crippen MR) is 65.4 cm³/mol. The van der Waals surface area contributed by atoms with Gasteiger partial charge in [-0.25, -0.2) is 0 Å². The highest BCUT2D eigenvalue weighted by atomic mass is 32.1. The predicted octanol–water partition coefficient (Wildman–Crippen LogP) is 2.44. The normalized spacial score (nSPS) is 27.0. The topological polar surface area (TPSA) is 24.1 Å². The van der Waals surface area contributed by atoms with E-state index in [4.69, 9.17) is 12.2 Å². The van der Waals surface area contributed by atoms with E-state index in [0.29, 0.717) is 6.04 Å². The largest absolute Gasteiger partial charge is 0.363 e. The molecule has 0 spiro atoms. The summed E-state index contributed by atoms with van der Waals surface area (Å²) in [6, 6.07) is 0.611. The molecule has 14 heavy (non-hydrogen) atoms. The van der Waals surface area contributed by atoms with Crippen LogP contribution in [-0.4, -0.2) is 17.7 Å². The molecule has 2 nitrogen and oxygen atoms in total. The highest BCUT2D eigenvalue weighted by molar-refractivity contribution is 7.80. The molecule has 1 rings (SSSR count). The molecule has 2 atom stereocenters. The number of thiocarbonyl (C=S) groups is 1. The van der Waals surface area contributed by atoms with Crippen LogP contribution in [0.1, 0.15) is 46.0 Å². The molecule has 1 saturated carbocycles. The maximum Gasteiger partial charge on any atom is 0.166 e. The van der Waals surface area contributed by atoms with E-state index < -0.39 is 0 Å². The standard InChI is InChI=1S/C11H22N2S/c1-3-9-6-5-7-10(8-9)13-11(14)12-4-2/h9-10H,3-8H2,1-2H3,(H2,12,13,14). The van der Waals surface area contributed by atoms with Gasteiger partial charge >= 0.3 is 0 Å². The number of hydrogen-bond acceptors (Lipinski definition) is 1. The van der Waals surface area contributed by atoms with Crippen LogP contribution in [0.2, 0.25) is 0 Å². The van der Waals surface area contributed by atoms with Gasteiger partial charge in [-0.2, -0.15) is 0 Å². The van der Waals surface area contributed by atoms with Gasteiger partial charge in [-0.15, -0.1) is 0 Å². The van der Waals surface area contributed by atoms with E-state index in [1.807, 2.05) is 0 Å². The van der Waals surface area contributed by atoms with E-state index in [9.17, 15) is 0 Å². The lowest BCUT2D eigenvalue weighted by molar-refractivity contribution is 0.299. The molecule has 1 aliphatic carbocycles. The first-order chi connectivity index (χ1) is 6.76. The molecule has 0 amide bonds. The molecule has 3 heteroatoms. The Morgan fingerprint density at radius 2 is 2.14 bits per heavy atom. The fourth-order valence-corrected chi connectivity index (χ4v) is 2.50. The van der Waals surface area contributed by atoms with E-state index in [-0.39, 0.29) is 0 Å². The first-order valence-corrected chi connectivity index (χ1v) is 6.21. The number of hydrogen-bond donors (Lipinski definition) is 2. The van der Waals surface area contributed by atoms with Gasteiger partial charge in [0.15, 0.2) is 5.11 Å². The van der Waals surface area contributed by atoms with Crippen molar-refractivity contribution in [3.63, 3.8) is 0 Å². The van der Waals surface area contributed by atoms with Crippen LogP contribution in [0.15, 0.2) is 0 Å². The van der Waals surface area contributed by atoms with Gasteiger partial charge in [-0.1, -0.05) is 26.2 Å². The smallest absolute Gasteiger partial charge is 0.166 e. The molecule has 1 aliphatic rings. The third-order valence-corrected chi connectivity index (χ3v) is 3.29. The molecule has 0 heterocycles. The first kappa shape index (κ1) is 11.8. The van der Waals surface area contributed by atoms with E-state index in [0.717, 1.165) is 17.6 Å². The van der Waals surface area contributed by atoms with Crippen molar-refractivity contribution >= 4 is 17.3 Å². The van der Waals surface area contributed by atoms with Gasteiger partial charge in [0.05, 0.1) is 0 Å². The summed E-state index contributed by atoms with van der Waals surface area (Å²) in [6.45, 7) is 5.27. The Hall–Kier alpha value is -0.310. The average Bonchev–Trinajstić information content (AvgIpc) is 2.18. The second-order valence-electron chi connectivity index (χ2n) is 4.14. The van der Waals surface area contributed by atoms with Gasteiger partial charge < -0.3 is 10.6 Å². The molecule has 2 N–H and O–H groups in total. The zero-order valence-electron chi connectivity index (χ0n) is 9.31. The number of nitrogens with one attached hydrogen (secondary N) is 2. The highest BCUT2D eigenvalue weighted by Gasteiger charge is 2.20. The van der Waals surface area contributed by atoms with Crippen molar-refractivity contribution in [3.8, 4) is 0 Å². The fraction of sp³-hybridized carbons (Fsp3) is 0.909. The highest BCUT2D eigenvalue weighted by Crippen LogP contribution is 2.26. The molecule has 0 aromatic rings. The van der Waals surface area contributed by atoms with E-state index in [2.05, 4.69) is 24.5 Å². The Bertz CT molecular complexity index is 182. The minimum absolute atomic E-state index is 0.611. The van der Waals surface area contributed by atoms with Gasteiger partial charge in [0.1, 0.15) is 0 Å². The fourth-order valence-electron chi connectivity index (χ4n) is 2.19. The third-order valence-electron chi connectivity index (χ3n) is 3.03. The van der Waals surface area contributed by atoms with E-state index in [1.54, 1.807) is 0 Å². The summed E-state index contributed by atoms with van der Waals surface area (Å²) < 4.78 is 0. The van der Waals surface area contributed by atoms with Crippen molar-refractivity contribution in [2.75, 3.05) is 6.54 Å². The Morgan fingerprint density at radius 1 is 1.36 bits per heavy atom. The lowest BCUT2D eigenvalue weighted by Gasteiger charge is -2.29. The van der Waals surface area contributed by atoms with Gasteiger partial charge in [0.25, 0.3) is 0 Å². The summed E-state index contributed by atoms with van der Waals surface area (Å²) >= 11 is 5.19. The maximum absolute atomic E-state index is 5.19. The molecule has 0 aliphatic heterocycles. The summed E-state index contributed by atoms with van der Waals surface area (Å²) in [5.41, 5.74) is 0. The Kier molecular flexibility index (Phi) is 5.23. The molecule has 0 aromatic heterocycles. The molecule has 2 unspecified atom stereocenters. The summed E-state index contributed by atoms with van der Waals surface area (Å²) in [6.07, 6.45) is 6.64. The van der Waals surface area contributed by atoms with Crippen molar-refractivity contribution in [2.24, 2.45) is 5.92 Å². The van der Waals surface area contributed by atoms with Crippen molar-refractivity contribution in [1.29, 1.82) is 0 Å². The van der Waals surface area contributed by atoms with Crippen LogP contribution >= 0.6 is 12.2 Å². The van der Waals surface area contributed by atoms with Crippen LogP contribution in [0, 0.1) is 5.92 Å². The van der Waals surface area contributed by atoms with Crippen LogP contribution < -0.4 is 10.6 Å². The van der Waals surface area contributed by atoms with Crippen LogP contribution in [-0.2, 0) is 0 Å². The van der Waals surface area contributed by atoms with Crippen LogP contribution in [0.3, 0.4) is 0 Å². The Morgan fingerprint density at radius 3 is 2.79 bits per heavy atom. The minimum atomic E-state index is 0.611. The van der Waals surface area contributed by atoms with Crippen LogP contribution in [0.25, 0.3) is 0 Å². The number of rotatable bonds is 3. The Balaban J connectivity index is 2.26. The van der Waals surface area contributed by atoms with Crippen molar-refractivity contribution in [3.05, 3.63) is 0 Å². The summed E-state index contributed by atoms with van der Waals surface area (Å²) in [7, 11) is 0. The summed E-state index contributed by atoms with van der Waals surface area (Å²) in [5, 5.41) is 7.38. The monoisotopic (exact) mass is 214 g/mol. The molecular formula is C11H22N2S. The third kappa shape index (κ3) is 3.82. The van der Waals surface area contributed by atoms with Gasteiger partial charge in [0.2, 0.25) is 0 Å². The van der Waals surface area contributed by atoms with Crippen LogP contribution in [0.4, 0.5) is 0 Å². The van der Waals surface area contributed by atoms with Gasteiger partial charge in [-0.05, 0) is 37.9 Å². The zero-order valence-corrected chi connectivity index (χ0v) is 10.1. The lowest BCUT2D eigenvalue weighted by Crippen LogP contribution is -2.43. The summed E-state index contributed by atoms with van der Waals surface area (Å²) in [5.74, 6) is 0.908.